The lowest BCUT2D eigenvalue weighted by atomic mass is 10.2. The topological polar surface area (TPSA) is 62.1 Å². The number of nitriles is 1. The number of ether oxygens (including phenoxy) is 1. The third kappa shape index (κ3) is 4.10. The number of nitrogens with one attached hydrogen (secondary N) is 1. The Morgan fingerprint density at radius 3 is 2.83 bits per heavy atom. The maximum atomic E-state index is 11.8. The molecule has 4 heteroatoms. The van der Waals surface area contributed by atoms with E-state index in [-0.39, 0.29) is 11.9 Å². The van der Waals surface area contributed by atoms with Crippen molar-refractivity contribution < 1.29 is 9.53 Å². The van der Waals surface area contributed by atoms with E-state index in [1.54, 1.807) is 31.2 Å². The molecule has 0 saturated carbocycles. The first-order chi connectivity index (χ1) is 8.56. The number of rotatable bonds is 5. The zero-order valence-electron chi connectivity index (χ0n) is 10.9. The average Bonchev–Trinajstić information content (AvgIpc) is 2.38. The van der Waals surface area contributed by atoms with Crippen molar-refractivity contribution in [1.82, 2.24) is 5.32 Å². The van der Waals surface area contributed by atoms with Crippen LogP contribution < -0.4 is 10.1 Å². The highest BCUT2D eigenvalue weighted by molar-refractivity contribution is 5.80. The number of carbonyl (C=O) groups excluding carboxylic acids is 1. The van der Waals surface area contributed by atoms with Gasteiger partial charge in [0.2, 0.25) is 0 Å². The van der Waals surface area contributed by atoms with Crippen molar-refractivity contribution in [3.8, 4) is 11.8 Å². The highest BCUT2D eigenvalue weighted by atomic mass is 16.5. The standard InChI is InChI=1S/C14H18N2O2/c1-4-10(2)16-14(17)11(3)18-13-7-5-6-12(8-13)9-15/h5-8,10-11H,4H2,1-3H3,(H,16,17). The van der Waals surface area contributed by atoms with Gasteiger partial charge >= 0.3 is 0 Å². The summed E-state index contributed by atoms with van der Waals surface area (Å²) < 4.78 is 5.50. The van der Waals surface area contributed by atoms with Crippen molar-refractivity contribution in [2.24, 2.45) is 0 Å². The number of amides is 1. The molecule has 0 radical (unpaired) electrons. The van der Waals surface area contributed by atoms with Crippen LogP contribution >= 0.6 is 0 Å². The fraction of sp³-hybridized carbons (Fsp3) is 0.429. The molecule has 1 aromatic carbocycles. The molecule has 18 heavy (non-hydrogen) atoms. The van der Waals surface area contributed by atoms with Gasteiger partial charge in [-0.25, -0.2) is 0 Å². The van der Waals surface area contributed by atoms with Crippen LogP contribution in [0, 0.1) is 11.3 Å². The van der Waals surface area contributed by atoms with Gasteiger partial charge in [0.1, 0.15) is 5.75 Å². The van der Waals surface area contributed by atoms with Crippen LogP contribution in [0.15, 0.2) is 24.3 Å². The van der Waals surface area contributed by atoms with Crippen LogP contribution in [0.5, 0.6) is 5.75 Å². The summed E-state index contributed by atoms with van der Waals surface area (Å²) in [5, 5.41) is 11.6. The van der Waals surface area contributed by atoms with Crippen LogP contribution in [0.2, 0.25) is 0 Å². The molecule has 0 saturated heterocycles. The smallest absolute Gasteiger partial charge is 0.260 e. The van der Waals surface area contributed by atoms with Gasteiger partial charge in [0, 0.05) is 6.04 Å². The minimum Gasteiger partial charge on any atom is -0.481 e. The largest absolute Gasteiger partial charge is 0.481 e. The number of hydrogen-bond donors (Lipinski definition) is 1. The van der Waals surface area contributed by atoms with E-state index in [0.29, 0.717) is 11.3 Å². The molecule has 1 N–H and O–H groups in total. The maximum Gasteiger partial charge on any atom is 0.260 e. The molecule has 0 aliphatic rings. The van der Waals surface area contributed by atoms with E-state index >= 15 is 0 Å². The van der Waals surface area contributed by atoms with Crippen LogP contribution in [0.25, 0.3) is 0 Å². The number of hydrogen-bond acceptors (Lipinski definition) is 3. The Kier molecular flexibility index (Phi) is 5.19. The summed E-state index contributed by atoms with van der Waals surface area (Å²) in [6, 6.07) is 8.93. The second kappa shape index (κ2) is 6.65. The molecule has 0 bridgehead atoms. The Balaban J connectivity index is 2.61. The molecule has 1 rings (SSSR count). The molecule has 0 spiro atoms. The lowest BCUT2D eigenvalue weighted by Gasteiger charge is -2.17. The first kappa shape index (κ1) is 14.0. The van der Waals surface area contributed by atoms with E-state index < -0.39 is 6.10 Å². The first-order valence-electron chi connectivity index (χ1n) is 6.04. The van der Waals surface area contributed by atoms with E-state index in [9.17, 15) is 4.79 Å². The number of nitrogens with zero attached hydrogens (tertiary/aromatic N) is 1. The lowest BCUT2D eigenvalue weighted by molar-refractivity contribution is -0.127. The highest BCUT2D eigenvalue weighted by Crippen LogP contribution is 2.14. The molecular weight excluding hydrogens is 228 g/mol. The van der Waals surface area contributed by atoms with Crippen molar-refractivity contribution >= 4 is 5.91 Å². The molecule has 0 aromatic heterocycles. The quantitative estimate of drug-likeness (QED) is 0.866. The van der Waals surface area contributed by atoms with Crippen LogP contribution in [0.3, 0.4) is 0 Å². The van der Waals surface area contributed by atoms with Gasteiger partial charge in [-0.3, -0.25) is 4.79 Å². The first-order valence-corrected chi connectivity index (χ1v) is 6.04. The Morgan fingerprint density at radius 1 is 1.50 bits per heavy atom. The molecule has 0 fully saturated rings. The van der Waals surface area contributed by atoms with Crippen molar-refractivity contribution in [2.45, 2.75) is 39.3 Å². The Labute approximate surface area is 108 Å². The second-order valence-electron chi connectivity index (χ2n) is 4.22. The van der Waals surface area contributed by atoms with Crippen LogP contribution in [-0.4, -0.2) is 18.1 Å². The zero-order valence-corrected chi connectivity index (χ0v) is 10.9. The van der Waals surface area contributed by atoms with E-state index in [4.69, 9.17) is 10.00 Å². The predicted octanol–water partition coefficient (Wildman–Crippen LogP) is 2.24. The average molecular weight is 246 g/mol. The predicted molar refractivity (Wildman–Crippen MR) is 69.1 cm³/mol. The lowest BCUT2D eigenvalue weighted by Crippen LogP contribution is -2.40. The molecule has 2 atom stereocenters. The fourth-order valence-electron chi connectivity index (χ4n) is 1.36. The summed E-state index contributed by atoms with van der Waals surface area (Å²) in [5.74, 6) is 0.382. The van der Waals surface area contributed by atoms with Gasteiger partial charge in [0.15, 0.2) is 6.10 Å². The van der Waals surface area contributed by atoms with Gasteiger partial charge < -0.3 is 10.1 Å². The highest BCUT2D eigenvalue weighted by Gasteiger charge is 2.16. The Hall–Kier alpha value is -2.02. The molecule has 0 aliphatic heterocycles. The summed E-state index contributed by atoms with van der Waals surface area (Å²) in [6.45, 7) is 5.64. The van der Waals surface area contributed by atoms with Crippen molar-refractivity contribution in [1.29, 1.82) is 5.26 Å². The molecule has 4 nitrogen and oxygen atoms in total. The summed E-state index contributed by atoms with van der Waals surface area (Å²) in [6.07, 6.45) is 0.301. The van der Waals surface area contributed by atoms with E-state index in [1.165, 1.54) is 0 Å². The van der Waals surface area contributed by atoms with Crippen LogP contribution in [0.1, 0.15) is 32.8 Å². The SMILES string of the molecule is CCC(C)NC(=O)C(C)Oc1cccc(C#N)c1. The van der Waals surface area contributed by atoms with Gasteiger partial charge in [-0.1, -0.05) is 13.0 Å². The van der Waals surface area contributed by atoms with Crippen molar-refractivity contribution in [3.05, 3.63) is 29.8 Å². The van der Waals surface area contributed by atoms with E-state index in [1.807, 2.05) is 19.9 Å². The van der Waals surface area contributed by atoms with Gasteiger partial charge in [0.25, 0.3) is 5.91 Å². The summed E-state index contributed by atoms with van der Waals surface area (Å²) in [4.78, 5) is 11.8. The Morgan fingerprint density at radius 2 is 2.22 bits per heavy atom. The van der Waals surface area contributed by atoms with E-state index in [0.717, 1.165) is 6.42 Å². The van der Waals surface area contributed by atoms with Crippen molar-refractivity contribution in [3.63, 3.8) is 0 Å². The van der Waals surface area contributed by atoms with Gasteiger partial charge in [0.05, 0.1) is 11.6 Å². The summed E-state index contributed by atoms with van der Waals surface area (Å²) in [7, 11) is 0. The third-order valence-electron chi connectivity index (χ3n) is 2.65. The van der Waals surface area contributed by atoms with Gasteiger partial charge in [-0.05, 0) is 38.5 Å². The molecule has 1 aromatic rings. The molecule has 1 amide bonds. The number of carbonyl (C=O) groups is 1. The number of benzene rings is 1. The summed E-state index contributed by atoms with van der Waals surface area (Å²) >= 11 is 0. The monoisotopic (exact) mass is 246 g/mol. The van der Waals surface area contributed by atoms with Crippen LogP contribution in [0.4, 0.5) is 0 Å². The van der Waals surface area contributed by atoms with E-state index in [2.05, 4.69) is 5.32 Å². The summed E-state index contributed by atoms with van der Waals surface area (Å²) in [5.41, 5.74) is 0.516. The van der Waals surface area contributed by atoms with Crippen molar-refractivity contribution in [2.75, 3.05) is 0 Å². The third-order valence-corrected chi connectivity index (χ3v) is 2.65. The minimum absolute atomic E-state index is 0.133. The van der Waals surface area contributed by atoms with Gasteiger partial charge in [-0.15, -0.1) is 0 Å². The van der Waals surface area contributed by atoms with Gasteiger partial charge in [-0.2, -0.15) is 5.26 Å². The Bertz CT molecular complexity index is 451. The maximum absolute atomic E-state index is 11.8. The molecule has 0 aliphatic carbocycles. The zero-order chi connectivity index (χ0) is 13.5. The van der Waals surface area contributed by atoms with Crippen LogP contribution in [-0.2, 0) is 4.79 Å². The molecular formula is C14H18N2O2. The fourth-order valence-corrected chi connectivity index (χ4v) is 1.36. The minimum atomic E-state index is -0.576. The normalized spacial score (nSPS) is 13.2. The second-order valence-corrected chi connectivity index (χ2v) is 4.22. The molecule has 2 unspecified atom stereocenters. The molecule has 0 heterocycles. The molecule has 96 valence electrons.